The number of rotatable bonds is 4. The van der Waals surface area contributed by atoms with Gasteiger partial charge < -0.3 is 18.9 Å². The highest BCUT2D eigenvalue weighted by Crippen LogP contribution is 2.35. The van der Waals surface area contributed by atoms with E-state index in [2.05, 4.69) is 0 Å². The quantitative estimate of drug-likeness (QED) is 0.779. The molecule has 0 unspecified atom stereocenters. The fourth-order valence-electron chi connectivity index (χ4n) is 2.05. The third-order valence-electron chi connectivity index (χ3n) is 3.13. The summed E-state index contributed by atoms with van der Waals surface area (Å²) in [6, 6.07) is 9.45. The molecular formula is C14H14O5. The predicted octanol–water partition coefficient (Wildman–Crippen LogP) is 2.22. The second kappa shape index (κ2) is 5.32. The highest BCUT2D eigenvalue weighted by molar-refractivity contribution is 5.59. The van der Waals surface area contributed by atoms with Gasteiger partial charge in [0.05, 0.1) is 12.2 Å². The van der Waals surface area contributed by atoms with E-state index < -0.39 is 6.16 Å². The van der Waals surface area contributed by atoms with Gasteiger partial charge in [0.1, 0.15) is 19.3 Å². The minimum absolute atomic E-state index is 0.131. The van der Waals surface area contributed by atoms with Crippen molar-refractivity contribution in [1.82, 2.24) is 0 Å². The lowest BCUT2D eigenvalue weighted by molar-refractivity contribution is -0.263. The van der Waals surface area contributed by atoms with Crippen molar-refractivity contribution in [3.05, 3.63) is 48.2 Å². The Kier molecular flexibility index (Phi) is 3.37. The Hall–Kier alpha value is -2.01. The summed E-state index contributed by atoms with van der Waals surface area (Å²) in [6.07, 6.45) is 2.52. The van der Waals surface area contributed by atoms with Crippen LogP contribution < -0.4 is 0 Å². The minimum Gasteiger partial charge on any atom is -0.472 e. The first-order valence-electron chi connectivity index (χ1n) is 6.14. The Bertz CT molecular complexity index is 470. The van der Waals surface area contributed by atoms with Crippen molar-refractivity contribution in [1.29, 1.82) is 0 Å². The normalized spacial score (nSPS) is 27.1. The molecule has 19 heavy (non-hydrogen) atoms. The molecule has 1 aromatic rings. The topological polar surface area (TPSA) is 54.0 Å². The molecule has 3 rings (SSSR count). The standard InChI is InChI=1S/C14H14O5/c15-14(17-8-10-4-2-1-3-5-10)18-9-12-11-6-7-16-13(11)19-12/h1-7,11-13H,8-9H2/t11-,12-,13+/m0/s1. The van der Waals surface area contributed by atoms with Gasteiger partial charge in [0.2, 0.25) is 6.29 Å². The van der Waals surface area contributed by atoms with E-state index in [1.54, 1.807) is 6.26 Å². The summed E-state index contributed by atoms with van der Waals surface area (Å²) in [7, 11) is 0. The molecule has 1 fully saturated rings. The maximum atomic E-state index is 11.4. The molecule has 2 heterocycles. The first-order chi connectivity index (χ1) is 9.33. The van der Waals surface area contributed by atoms with Crippen molar-refractivity contribution in [3.63, 3.8) is 0 Å². The van der Waals surface area contributed by atoms with Crippen molar-refractivity contribution >= 4 is 6.16 Å². The second-order valence-corrected chi connectivity index (χ2v) is 4.42. The summed E-state index contributed by atoms with van der Waals surface area (Å²) in [4.78, 5) is 11.4. The van der Waals surface area contributed by atoms with Crippen molar-refractivity contribution in [3.8, 4) is 0 Å². The van der Waals surface area contributed by atoms with Crippen LogP contribution in [0.1, 0.15) is 5.56 Å². The molecule has 100 valence electrons. The first-order valence-corrected chi connectivity index (χ1v) is 6.14. The van der Waals surface area contributed by atoms with Crippen molar-refractivity contribution in [2.75, 3.05) is 6.61 Å². The van der Waals surface area contributed by atoms with Crippen LogP contribution in [0.5, 0.6) is 0 Å². The minimum atomic E-state index is -0.682. The Balaban J connectivity index is 1.37. The molecule has 0 saturated carbocycles. The Labute approximate surface area is 110 Å². The summed E-state index contributed by atoms with van der Waals surface area (Å²) >= 11 is 0. The van der Waals surface area contributed by atoms with Crippen LogP contribution in [0, 0.1) is 5.92 Å². The Morgan fingerprint density at radius 1 is 1.21 bits per heavy atom. The van der Waals surface area contributed by atoms with E-state index >= 15 is 0 Å². The molecule has 2 aliphatic heterocycles. The third kappa shape index (κ3) is 2.71. The van der Waals surface area contributed by atoms with E-state index in [1.807, 2.05) is 36.4 Å². The van der Waals surface area contributed by atoms with E-state index in [9.17, 15) is 4.79 Å². The molecule has 1 saturated heterocycles. The van der Waals surface area contributed by atoms with Crippen LogP contribution in [0.15, 0.2) is 42.7 Å². The molecule has 0 aliphatic carbocycles. The van der Waals surface area contributed by atoms with E-state index in [-0.39, 0.29) is 31.5 Å². The van der Waals surface area contributed by atoms with Gasteiger partial charge in [-0.05, 0) is 11.6 Å². The predicted molar refractivity (Wildman–Crippen MR) is 65.0 cm³/mol. The highest BCUT2D eigenvalue weighted by Gasteiger charge is 2.45. The summed E-state index contributed by atoms with van der Waals surface area (Å²) in [5.74, 6) is 0.182. The lowest BCUT2D eigenvalue weighted by Crippen LogP contribution is -2.49. The lowest BCUT2D eigenvalue weighted by atomic mass is 9.98. The SMILES string of the molecule is O=C(OCc1ccccc1)OC[C@@H]1O[C@H]2OC=C[C@H]21. The zero-order chi connectivity index (χ0) is 13.1. The van der Waals surface area contributed by atoms with Gasteiger partial charge >= 0.3 is 6.16 Å². The maximum Gasteiger partial charge on any atom is 0.508 e. The average molecular weight is 262 g/mol. The molecule has 1 aromatic carbocycles. The molecule has 2 aliphatic rings. The van der Waals surface area contributed by atoms with Gasteiger partial charge in [0.15, 0.2) is 0 Å². The van der Waals surface area contributed by atoms with Crippen molar-refractivity contribution in [2.45, 2.75) is 19.0 Å². The van der Waals surface area contributed by atoms with Crippen LogP contribution in [-0.4, -0.2) is 25.2 Å². The van der Waals surface area contributed by atoms with Gasteiger partial charge in [-0.1, -0.05) is 30.3 Å². The zero-order valence-electron chi connectivity index (χ0n) is 10.2. The van der Waals surface area contributed by atoms with E-state index in [4.69, 9.17) is 18.9 Å². The highest BCUT2D eigenvalue weighted by atomic mass is 16.7. The third-order valence-corrected chi connectivity index (χ3v) is 3.13. The number of hydrogen-bond acceptors (Lipinski definition) is 5. The fraction of sp³-hybridized carbons (Fsp3) is 0.357. The van der Waals surface area contributed by atoms with Gasteiger partial charge in [-0.3, -0.25) is 0 Å². The molecule has 0 amide bonds. The monoisotopic (exact) mass is 262 g/mol. The fourth-order valence-corrected chi connectivity index (χ4v) is 2.05. The molecule has 5 nitrogen and oxygen atoms in total. The van der Waals surface area contributed by atoms with Crippen molar-refractivity contribution in [2.24, 2.45) is 5.92 Å². The van der Waals surface area contributed by atoms with Crippen LogP contribution in [0.2, 0.25) is 0 Å². The number of ether oxygens (including phenoxy) is 4. The van der Waals surface area contributed by atoms with Crippen LogP contribution >= 0.6 is 0 Å². The summed E-state index contributed by atoms with van der Waals surface area (Å²) in [5.41, 5.74) is 0.923. The molecule has 0 aromatic heterocycles. The van der Waals surface area contributed by atoms with E-state index in [0.717, 1.165) is 5.56 Å². The van der Waals surface area contributed by atoms with Gasteiger partial charge in [0.25, 0.3) is 0 Å². The number of benzene rings is 1. The second-order valence-electron chi connectivity index (χ2n) is 4.42. The summed E-state index contributed by atoms with van der Waals surface area (Å²) in [6.45, 7) is 0.392. The van der Waals surface area contributed by atoms with Gasteiger partial charge in [-0.25, -0.2) is 4.79 Å². The van der Waals surface area contributed by atoms with Gasteiger partial charge in [-0.2, -0.15) is 0 Å². The molecule has 0 bridgehead atoms. The lowest BCUT2D eigenvalue weighted by Gasteiger charge is -2.37. The average Bonchev–Trinajstić information content (AvgIpc) is 2.79. The van der Waals surface area contributed by atoms with E-state index in [0.29, 0.717) is 0 Å². The molecular weight excluding hydrogens is 248 g/mol. The number of carbonyl (C=O) groups is 1. The maximum absolute atomic E-state index is 11.4. The van der Waals surface area contributed by atoms with Crippen molar-refractivity contribution < 1.29 is 23.7 Å². The van der Waals surface area contributed by atoms with Crippen LogP contribution in [0.4, 0.5) is 4.79 Å². The van der Waals surface area contributed by atoms with Crippen LogP contribution in [0.25, 0.3) is 0 Å². The van der Waals surface area contributed by atoms with Crippen LogP contribution in [0.3, 0.4) is 0 Å². The molecule has 3 atom stereocenters. The smallest absolute Gasteiger partial charge is 0.472 e. The molecule has 0 N–H and O–H groups in total. The van der Waals surface area contributed by atoms with Gasteiger partial charge in [0, 0.05) is 0 Å². The first kappa shape index (κ1) is 12.0. The number of hydrogen-bond donors (Lipinski definition) is 0. The number of carbonyl (C=O) groups excluding carboxylic acids is 1. The number of fused-ring (bicyclic) bond motifs is 1. The van der Waals surface area contributed by atoms with Crippen LogP contribution in [-0.2, 0) is 25.6 Å². The Morgan fingerprint density at radius 2 is 2.05 bits per heavy atom. The summed E-state index contributed by atoms with van der Waals surface area (Å²) in [5, 5.41) is 0. The molecule has 0 spiro atoms. The van der Waals surface area contributed by atoms with Gasteiger partial charge in [-0.15, -0.1) is 0 Å². The summed E-state index contributed by atoms with van der Waals surface area (Å²) < 4.78 is 20.5. The largest absolute Gasteiger partial charge is 0.508 e. The molecule has 0 radical (unpaired) electrons. The zero-order valence-corrected chi connectivity index (χ0v) is 10.2. The molecule has 5 heteroatoms. The van der Waals surface area contributed by atoms with E-state index in [1.165, 1.54) is 0 Å². The Morgan fingerprint density at radius 3 is 2.84 bits per heavy atom.